The van der Waals surface area contributed by atoms with Gasteiger partial charge in [-0.15, -0.1) is 0 Å². The molecule has 2 atom stereocenters. The van der Waals surface area contributed by atoms with E-state index in [4.69, 9.17) is 16.3 Å². The van der Waals surface area contributed by atoms with Gasteiger partial charge in [-0.2, -0.15) is 0 Å². The lowest BCUT2D eigenvalue weighted by Crippen LogP contribution is -2.36. The van der Waals surface area contributed by atoms with Crippen LogP contribution in [0.4, 0.5) is 0 Å². The van der Waals surface area contributed by atoms with Crippen LogP contribution in [-0.4, -0.2) is 23.7 Å². The predicted octanol–water partition coefficient (Wildman–Crippen LogP) is 2.44. The number of aliphatic hydroxyl groups excluding tert-OH is 1. The topological polar surface area (TPSA) is 58.6 Å². The second kappa shape index (κ2) is 6.26. The minimum Gasteiger partial charge on any atom is -0.479 e. The number of benzene rings is 1. The van der Waals surface area contributed by atoms with Crippen molar-refractivity contribution in [1.29, 1.82) is 0 Å². The molecule has 0 radical (unpaired) electrons. The van der Waals surface area contributed by atoms with Crippen molar-refractivity contribution < 1.29 is 14.6 Å². The van der Waals surface area contributed by atoms with E-state index in [1.54, 1.807) is 25.1 Å². The van der Waals surface area contributed by atoms with Gasteiger partial charge < -0.3 is 15.2 Å². The van der Waals surface area contributed by atoms with E-state index < -0.39 is 12.2 Å². The van der Waals surface area contributed by atoms with Crippen LogP contribution in [0.2, 0.25) is 5.02 Å². The Kier molecular flexibility index (Phi) is 4.66. The summed E-state index contributed by atoms with van der Waals surface area (Å²) in [6, 6.07) is 5.11. The van der Waals surface area contributed by atoms with Gasteiger partial charge in [0.1, 0.15) is 5.75 Å². The molecule has 2 rings (SSSR count). The second-order valence-corrected chi connectivity index (χ2v) is 5.17. The molecule has 0 aliphatic carbocycles. The number of halogens is 1. The van der Waals surface area contributed by atoms with Gasteiger partial charge in [0.15, 0.2) is 6.10 Å². The van der Waals surface area contributed by atoms with Gasteiger partial charge in [-0.05, 0) is 43.9 Å². The lowest BCUT2D eigenvalue weighted by atomic mass is 10.1. The molecule has 2 N–H and O–H groups in total. The highest BCUT2D eigenvalue weighted by Gasteiger charge is 2.23. The van der Waals surface area contributed by atoms with Gasteiger partial charge in [-0.25, -0.2) is 0 Å². The van der Waals surface area contributed by atoms with Gasteiger partial charge in [-0.1, -0.05) is 17.7 Å². The summed E-state index contributed by atoms with van der Waals surface area (Å²) in [5.74, 6) is 0.390. The molecule has 0 spiro atoms. The highest BCUT2D eigenvalue weighted by Crippen LogP contribution is 2.29. The largest absolute Gasteiger partial charge is 0.479 e. The zero-order valence-corrected chi connectivity index (χ0v) is 11.6. The number of carbonyl (C=O) groups excluding carboxylic acids is 1. The van der Waals surface area contributed by atoms with E-state index in [2.05, 4.69) is 5.32 Å². The monoisotopic (exact) mass is 283 g/mol. The van der Waals surface area contributed by atoms with E-state index in [-0.39, 0.29) is 5.91 Å². The summed E-state index contributed by atoms with van der Waals surface area (Å²) in [4.78, 5) is 11.8. The second-order valence-electron chi connectivity index (χ2n) is 4.76. The molecule has 19 heavy (non-hydrogen) atoms. The summed E-state index contributed by atoms with van der Waals surface area (Å²) in [7, 11) is 0. The number of nitrogens with one attached hydrogen (secondary N) is 1. The molecule has 1 saturated heterocycles. The van der Waals surface area contributed by atoms with E-state index >= 15 is 0 Å². The van der Waals surface area contributed by atoms with Crippen molar-refractivity contribution >= 4 is 17.5 Å². The molecule has 0 bridgehead atoms. The smallest absolute Gasteiger partial charge is 0.261 e. The predicted molar refractivity (Wildman–Crippen MR) is 73.4 cm³/mol. The van der Waals surface area contributed by atoms with Gasteiger partial charge in [0.2, 0.25) is 0 Å². The Bertz CT molecular complexity index is 462. The van der Waals surface area contributed by atoms with Crippen LogP contribution in [0.1, 0.15) is 37.9 Å². The Morgan fingerprint density at radius 2 is 2.26 bits per heavy atom. The van der Waals surface area contributed by atoms with Crippen LogP contribution >= 0.6 is 11.6 Å². The quantitative estimate of drug-likeness (QED) is 0.896. The number of hydrogen-bond donors (Lipinski definition) is 2. The van der Waals surface area contributed by atoms with Gasteiger partial charge in [0, 0.05) is 6.54 Å². The van der Waals surface area contributed by atoms with Crippen molar-refractivity contribution in [3.05, 3.63) is 28.8 Å². The number of hydrogen-bond acceptors (Lipinski definition) is 3. The third-order valence-electron chi connectivity index (χ3n) is 3.19. The van der Waals surface area contributed by atoms with Gasteiger partial charge >= 0.3 is 0 Å². The SMILES string of the molecule is C[C@H](O)c1ccc(OC2CCCCNC2=O)c(Cl)c1. The third kappa shape index (κ3) is 3.61. The summed E-state index contributed by atoms with van der Waals surface area (Å²) in [5.41, 5.74) is 0.725. The molecule has 5 heteroatoms. The van der Waals surface area contributed by atoms with Crippen molar-refractivity contribution in [2.75, 3.05) is 6.54 Å². The maximum Gasteiger partial charge on any atom is 0.261 e. The average Bonchev–Trinajstić information content (AvgIpc) is 2.57. The summed E-state index contributed by atoms with van der Waals surface area (Å²) < 4.78 is 5.69. The molecule has 1 fully saturated rings. The van der Waals surface area contributed by atoms with E-state index in [1.807, 2.05) is 0 Å². The molecule has 1 unspecified atom stereocenters. The van der Waals surface area contributed by atoms with E-state index in [0.29, 0.717) is 23.7 Å². The first-order valence-electron chi connectivity index (χ1n) is 6.50. The Balaban J connectivity index is 2.11. The molecular weight excluding hydrogens is 266 g/mol. The fourth-order valence-electron chi connectivity index (χ4n) is 2.05. The summed E-state index contributed by atoms with van der Waals surface area (Å²) >= 11 is 6.11. The summed E-state index contributed by atoms with van der Waals surface area (Å²) in [6.07, 6.45) is 1.55. The number of amides is 1. The minimum atomic E-state index is -0.576. The summed E-state index contributed by atoms with van der Waals surface area (Å²) in [6.45, 7) is 2.37. The van der Waals surface area contributed by atoms with E-state index in [9.17, 15) is 9.90 Å². The van der Waals surface area contributed by atoms with Crippen molar-refractivity contribution in [2.45, 2.75) is 38.4 Å². The van der Waals surface area contributed by atoms with Crippen molar-refractivity contribution in [3.8, 4) is 5.75 Å². The van der Waals surface area contributed by atoms with Crippen LogP contribution in [-0.2, 0) is 4.79 Å². The van der Waals surface area contributed by atoms with E-state index in [0.717, 1.165) is 18.4 Å². The number of rotatable bonds is 3. The lowest BCUT2D eigenvalue weighted by molar-refractivity contribution is -0.127. The zero-order valence-electron chi connectivity index (χ0n) is 10.9. The fraction of sp³-hybridized carbons (Fsp3) is 0.500. The van der Waals surface area contributed by atoms with Crippen molar-refractivity contribution in [2.24, 2.45) is 0 Å². The van der Waals surface area contributed by atoms with Crippen molar-refractivity contribution in [1.82, 2.24) is 5.32 Å². The zero-order chi connectivity index (χ0) is 13.8. The minimum absolute atomic E-state index is 0.0897. The number of carbonyl (C=O) groups is 1. The van der Waals surface area contributed by atoms with Gasteiger partial charge in [-0.3, -0.25) is 4.79 Å². The van der Waals surface area contributed by atoms with Gasteiger partial charge in [0.25, 0.3) is 5.91 Å². The maximum absolute atomic E-state index is 11.8. The molecule has 1 aliphatic rings. The van der Waals surface area contributed by atoms with Crippen molar-refractivity contribution in [3.63, 3.8) is 0 Å². The van der Waals surface area contributed by atoms with Crippen LogP contribution < -0.4 is 10.1 Å². The Morgan fingerprint density at radius 1 is 1.47 bits per heavy atom. The number of ether oxygens (including phenoxy) is 1. The molecule has 0 aromatic heterocycles. The first kappa shape index (κ1) is 14.2. The van der Waals surface area contributed by atoms with Crippen LogP contribution in [0, 0.1) is 0 Å². The Hall–Kier alpha value is -1.26. The molecule has 104 valence electrons. The normalized spacial score (nSPS) is 21.4. The first-order valence-corrected chi connectivity index (χ1v) is 6.87. The number of aliphatic hydroxyl groups is 1. The molecule has 1 aromatic rings. The Labute approximate surface area is 117 Å². The van der Waals surface area contributed by atoms with Crippen LogP contribution in [0.3, 0.4) is 0 Å². The third-order valence-corrected chi connectivity index (χ3v) is 3.49. The molecular formula is C14H18ClNO3. The van der Waals surface area contributed by atoms with E-state index in [1.165, 1.54) is 0 Å². The average molecular weight is 284 g/mol. The van der Waals surface area contributed by atoms with Crippen LogP contribution in [0.5, 0.6) is 5.75 Å². The molecule has 1 heterocycles. The van der Waals surface area contributed by atoms with Gasteiger partial charge in [0.05, 0.1) is 11.1 Å². The fourth-order valence-corrected chi connectivity index (χ4v) is 2.28. The summed E-state index contributed by atoms with van der Waals surface area (Å²) in [5, 5.41) is 12.7. The lowest BCUT2D eigenvalue weighted by Gasteiger charge is -2.17. The highest BCUT2D eigenvalue weighted by molar-refractivity contribution is 6.32. The van der Waals surface area contributed by atoms with Crippen LogP contribution in [0.25, 0.3) is 0 Å². The molecule has 1 aromatic carbocycles. The maximum atomic E-state index is 11.8. The van der Waals surface area contributed by atoms with Crippen LogP contribution in [0.15, 0.2) is 18.2 Å². The molecule has 4 nitrogen and oxygen atoms in total. The molecule has 1 aliphatic heterocycles. The first-order chi connectivity index (χ1) is 9.08. The molecule has 1 amide bonds. The highest BCUT2D eigenvalue weighted by atomic mass is 35.5. The molecule has 0 saturated carbocycles. The standard InChI is InChI=1S/C14H18ClNO3/c1-9(17)10-5-6-12(11(15)8-10)19-13-4-2-3-7-16-14(13)18/h5-6,8-9,13,17H,2-4,7H2,1H3,(H,16,18)/t9-,13?/m0/s1. The Morgan fingerprint density at radius 3 is 2.95 bits per heavy atom.